The largest absolute Gasteiger partial charge is 0.434 e. The number of allylic oxidation sites excluding steroid dienone is 1. The maximum Gasteiger partial charge on any atom is 0.387 e. The van der Waals surface area contributed by atoms with E-state index < -0.39 is 6.61 Å². The van der Waals surface area contributed by atoms with Gasteiger partial charge in [-0.1, -0.05) is 18.2 Å². The first-order valence-electron chi connectivity index (χ1n) is 6.86. The molecule has 0 aliphatic heterocycles. The lowest BCUT2D eigenvalue weighted by molar-refractivity contribution is -0.0499. The molecule has 0 fully saturated rings. The number of carbonyl (C=O) groups excluding carboxylic acids is 1. The zero-order chi connectivity index (χ0) is 15.7. The standard InChI is InChI=1S/C16H14F2N2O2/c1-20-13-7-6-11(15(21)12(13)9-19-20)8-10-4-2-3-5-14(10)22-16(17)18/h2-5,8-9,16H,6-7H2,1H3/b11-8-. The maximum absolute atomic E-state index is 12.5. The third-order valence-electron chi connectivity index (χ3n) is 3.69. The summed E-state index contributed by atoms with van der Waals surface area (Å²) in [7, 11) is 1.80. The predicted molar refractivity (Wildman–Crippen MR) is 76.9 cm³/mol. The lowest BCUT2D eigenvalue weighted by Crippen LogP contribution is -2.15. The first-order valence-corrected chi connectivity index (χ1v) is 6.86. The van der Waals surface area contributed by atoms with Gasteiger partial charge in [-0.2, -0.15) is 13.9 Å². The number of benzene rings is 1. The molecule has 6 heteroatoms. The molecule has 3 rings (SSSR count). The molecule has 0 saturated heterocycles. The highest BCUT2D eigenvalue weighted by atomic mass is 19.3. The highest BCUT2D eigenvalue weighted by molar-refractivity contribution is 6.13. The number of alkyl halides is 2. The van der Waals surface area contributed by atoms with E-state index in [0.717, 1.165) is 5.69 Å². The molecule has 1 aliphatic rings. The van der Waals surface area contributed by atoms with Crippen LogP contribution in [0, 0.1) is 0 Å². The van der Waals surface area contributed by atoms with E-state index in [1.807, 2.05) is 0 Å². The van der Waals surface area contributed by atoms with Crippen LogP contribution in [-0.2, 0) is 13.5 Å². The number of ether oxygens (including phenoxy) is 1. The Morgan fingerprint density at radius 3 is 2.86 bits per heavy atom. The van der Waals surface area contributed by atoms with Crippen LogP contribution >= 0.6 is 0 Å². The summed E-state index contributed by atoms with van der Waals surface area (Å²) in [5.74, 6) is -0.0454. The van der Waals surface area contributed by atoms with Gasteiger partial charge < -0.3 is 4.74 Å². The molecule has 0 spiro atoms. The van der Waals surface area contributed by atoms with Gasteiger partial charge in [0.2, 0.25) is 0 Å². The Hall–Kier alpha value is -2.50. The van der Waals surface area contributed by atoms with Crippen molar-refractivity contribution >= 4 is 11.9 Å². The average Bonchev–Trinajstić information content (AvgIpc) is 2.85. The molecule has 0 unspecified atom stereocenters. The number of nitrogens with zero attached hydrogens (tertiary/aromatic N) is 2. The van der Waals surface area contributed by atoms with Gasteiger partial charge in [0.05, 0.1) is 11.8 Å². The summed E-state index contributed by atoms with van der Waals surface area (Å²) >= 11 is 0. The summed E-state index contributed by atoms with van der Waals surface area (Å²) < 4.78 is 31.1. The summed E-state index contributed by atoms with van der Waals surface area (Å²) in [4.78, 5) is 12.5. The zero-order valence-electron chi connectivity index (χ0n) is 11.9. The molecule has 1 aromatic carbocycles. The van der Waals surface area contributed by atoms with Crippen LogP contribution in [0.1, 0.15) is 28.0 Å². The van der Waals surface area contributed by atoms with Crippen LogP contribution < -0.4 is 4.74 Å². The minimum atomic E-state index is -2.90. The molecule has 0 amide bonds. The highest BCUT2D eigenvalue weighted by Crippen LogP contribution is 2.29. The number of hydrogen-bond donors (Lipinski definition) is 0. The lowest BCUT2D eigenvalue weighted by Gasteiger charge is -2.15. The molecule has 1 aliphatic carbocycles. The number of aromatic nitrogens is 2. The Morgan fingerprint density at radius 1 is 1.32 bits per heavy atom. The molecule has 0 atom stereocenters. The number of hydrogen-bond acceptors (Lipinski definition) is 3. The zero-order valence-corrected chi connectivity index (χ0v) is 11.9. The van der Waals surface area contributed by atoms with E-state index in [0.29, 0.717) is 29.5 Å². The van der Waals surface area contributed by atoms with Crippen molar-refractivity contribution in [2.45, 2.75) is 19.5 Å². The van der Waals surface area contributed by atoms with E-state index in [-0.39, 0.29) is 11.5 Å². The Kier molecular flexibility index (Phi) is 3.75. The van der Waals surface area contributed by atoms with Crippen molar-refractivity contribution in [1.82, 2.24) is 9.78 Å². The van der Waals surface area contributed by atoms with Gasteiger partial charge >= 0.3 is 6.61 Å². The van der Waals surface area contributed by atoms with Gasteiger partial charge in [-0.25, -0.2) is 0 Å². The maximum atomic E-state index is 12.5. The van der Waals surface area contributed by atoms with E-state index in [4.69, 9.17) is 0 Å². The van der Waals surface area contributed by atoms with Crippen molar-refractivity contribution in [1.29, 1.82) is 0 Å². The second-order valence-corrected chi connectivity index (χ2v) is 5.04. The van der Waals surface area contributed by atoms with Crippen molar-refractivity contribution in [2.75, 3.05) is 0 Å². The fourth-order valence-corrected chi connectivity index (χ4v) is 2.62. The summed E-state index contributed by atoms with van der Waals surface area (Å²) in [6.07, 6.45) is 4.41. The number of rotatable bonds is 3. The van der Waals surface area contributed by atoms with Crippen molar-refractivity contribution in [3.8, 4) is 5.75 Å². The van der Waals surface area contributed by atoms with E-state index in [9.17, 15) is 13.6 Å². The molecule has 2 aromatic rings. The Bertz CT molecular complexity index is 750. The number of carbonyl (C=O) groups is 1. The minimum absolute atomic E-state index is 0.0646. The Labute approximate surface area is 126 Å². The molecule has 0 saturated carbocycles. The molecule has 22 heavy (non-hydrogen) atoms. The van der Waals surface area contributed by atoms with Crippen LogP contribution in [0.2, 0.25) is 0 Å². The fourth-order valence-electron chi connectivity index (χ4n) is 2.62. The second kappa shape index (κ2) is 5.71. The molecule has 1 aromatic heterocycles. The van der Waals surface area contributed by atoms with Crippen molar-refractivity contribution in [2.24, 2.45) is 7.05 Å². The predicted octanol–water partition coefficient (Wildman–Crippen LogP) is 3.23. The summed E-state index contributed by atoms with van der Waals surface area (Å²) in [5.41, 5.74) is 2.52. The van der Waals surface area contributed by atoms with Gasteiger partial charge in [0.1, 0.15) is 5.75 Å². The van der Waals surface area contributed by atoms with Gasteiger partial charge in [0, 0.05) is 23.9 Å². The Balaban J connectivity index is 1.95. The molecular weight excluding hydrogens is 290 g/mol. The van der Waals surface area contributed by atoms with Crippen LogP contribution in [0.25, 0.3) is 6.08 Å². The van der Waals surface area contributed by atoms with E-state index in [1.54, 1.807) is 42.2 Å². The van der Waals surface area contributed by atoms with E-state index >= 15 is 0 Å². The van der Waals surface area contributed by atoms with Crippen LogP contribution in [0.3, 0.4) is 0 Å². The average molecular weight is 304 g/mol. The molecule has 0 bridgehead atoms. The van der Waals surface area contributed by atoms with Gasteiger partial charge in [-0.3, -0.25) is 9.48 Å². The van der Waals surface area contributed by atoms with Crippen LogP contribution in [0.15, 0.2) is 36.0 Å². The third-order valence-corrected chi connectivity index (χ3v) is 3.69. The van der Waals surface area contributed by atoms with Gasteiger partial charge in [0.15, 0.2) is 5.78 Å². The molecule has 1 heterocycles. The SMILES string of the molecule is Cn1ncc2c1CC/C(=C/c1ccccc1OC(F)F)C2=O. The van der Waals surface area contributed by atoms with Gasteiger partial charge in [0.25, 0.3) is 0 Å². The fraction of sp³-hybridized carbons (Fsp3) is 0.250. The minimum Gasteiger partial charge on any atom is -0.434 e. The highest BCUT2D eigenvalue weighted by Gasteiger charge is 2.25. The molecule has 114 valence electrons. The van der Waals surface area contributed by atoms with E-state index in [2.05, 4.69) is 9.84 Å². The monoisotopic (exact) mass is 304 g/mol. The van der Waals surface area contributed by atoms with Gasteiger partial charge in [-0.05, 0) is 25.0 Å². The van der Waals surface area contributed by atoms with Gasteiger partial charge in [-0.15, -0.1) is 0 Å². The quantitative estimate of drug-likeness (QED) is 0.818. The molecule has 0 N–H and O–H groups in total. The normalized spacial score (nSPS) is 16.2. The van der Waals surface area contributed by atoms with Crippen molar-refractivity contribution in [3.63, 3.8) is 0 Å². The number of halogens is 2. The van der Waals surface area contributed by atoms with Crippen molar-refractivity contribution in [3.05, 3.63) is 52.9 Å². The summed E-state index contributed by atoms with van der Waals surface area (Å²) in [6, 6.07) is 6.44. The number of para-hydroxylation sites is 1. The number of aryl methyl sites for hydroxylation is 1. The first-order chi connectivity index (χ1) is 10.6. The third kappa shape index (κ3) is 2.64. The summed E-state index contributed by atoms with van der Waals surface area (Å²) in [6.45, 7) is -2.90. The summed E-state index contributed by atoms with van der Waals surface area (Å²) in [5, 5.41) is 4.09. The molecular formula is C16H14F2N2O2. The van der Waals surface area contributed by atoms with Crippen LogP contribution in [-0.4, -0.2) is 22.2 Å². The lowest BCUT2D eigenvalue weighted by atomic mass is 9.90. The number of Topliss-reactive ketones (excluding diaryl/α,β-unsaturated/α-hetero) is 1. The van der Waals surface area contributed by atoms with Crippen molar-refractivity contribution < 1.29 is 18.3 Å². The molecule has 0 radical (unpaired) electrons. The van der Waals surface area contributed by atoms with Crippen LogP contribution in [0.5, 0.6) is 5.75 Å². The van der Waals surface area contributed by atoms with E-state index in [1.165, 1.54) is 6.07 Å². The molecule has 4 nitrogen and oxygen atoms in total. The number of fused-ring (bicyclic) bond motifs is 1. The number of ketones is 1. The first kappa shape index (κ1) is 14.4. The second-order valence-electron chi connectivity index (χ2n) is 5.04. The van der Waals surface area contributed by atoms with Crippen LogP contribution in [0.4, 0.5) is 8.78 Å². The topological polar surface area (TPSA) is 44.1 Å². The Morgan fingerprint density at radius 2 is 2.09 bits per heavy atom. The smallest absolute Gasteiger partial charge is 0.387 e.